The molecule has 2 heterocycles. The van der Waals surface area contributed by atoms with E-state index in [1.54, 1.807) is 12.3 Å². The van der Waals surface area contributed by atoms with E-state index in [4.69, 9.17) is 0 Å². The molecule has 1 unspecified atom stereocenters. The maximum absolute atomic E-state index is 12.6. The lowest BCUT2D eigenvalue weighted by molar-refractivity contribution is -0.141. The second-order valence-electron chi connectivity index (χ2n) is 4.77. The Morgan fingerprint density at radius 3 is 2.71 bits per heavy atom. The van der Waals surface area contributed by atoms with Gasteiger partial charge in [0.2, 0.25) is 0 Å². The molecular weight excluding hydrogens is 281 g/mol. The van der Waals surface area contributed by atoms with E-state index >= 15 is 0 Å². The van der Waals surface area contributed by atoms with Gasteiger partial charge in [0, 0.05) is 18.4 Å². The van der Waals surface area contributed by atoms with E-state index < -0.39 is 11.9 Å². The average molecular weight is 298 g/mol. The molecule has 7 heteroatoms. The normalized spacial score (nSPS) is 13.4. The molecule has 2 aromatic heterocycles. The van der Waals surface area contributed by atoms with Crippen molar-refractivity contribution in [1.82, 2.24) is 20.1 Å². The van der Waals surface area contributed by atoms with E-state index in [1.165, 1.54) is 6.20 Å². The van der Waals surface area contributed by atoms with Crippen molar-refractivity contribution in [3.8, 4) is 5.82 Å². The van der Waals surface area contributed by atoms with Crippen molar-refractivity contribution >= 4 is 0 Å². The summed E-state index contributed by atoms with van der Waals surface area (Å²) in [5.74, 6) is 0.369. The van der Waals surface area contributed by atoms with Crippen LogP contribution in [0.15, 0.2) is 30.6 Å². The molecule has 2 aromatic rings. The zero-order valence-corrected chi connectivity index (χ0v) is 11.9. The third-order valence-corrected chi connectivity index (χ3v) is 3.08. The van der Waals surface area contributed by atoms with Gasteiger partial charge in [-0.05, 0) is 43.7 Å². The van der Waals surface area contributed by atoms with Crippen molar-refractivity contribution in [2.75, 3.05) is 6.54 Å². The molecule has 0 amide bonds. The second kappa shape index (κ2) is 6.26. The lowest BCUT2D eigenvalue weighted by Crippen LogP contribution is -2.19. The predicted molar refractivity (Wildman–Crippen MR) is 73.1 cm³/mol. The van der Waals surface area contributed by atoms with Crippen molar-refractivity contribution in [3.05, 3.63) is 41.9 Å². The third kappa shape index (κ3) is 3.81. The number of nitrogens with zero attached hydrogens (tertiary/aromatic N) is 3. The van der Waals surface area contributed by atoms with Gasteiger partial charge in [-0.1, -0.05) is 6.92 Å². The Balaban J connectivity index is 2.23. The van der Waals surface area contributed by atoms with Gasteiger partial charge in [-0.25, -0.2) is 9.67 Å². The van der Waals surface area contributed by atoms with E-state index in [0.29, 0.717) is 5.82 Å². The first-order valence-corrected chi connectivity index (χ1v) is 6.74. The Bertz CT molecular complexity index is 592. The minimum atomic E-state index is -4.45. The summed E-state index contributed by atoms with van der Waals surface area (Å²) in [4.78, 5) is 4.07. The van der Waals surface area contributed by atoms with E-state index in [1.807, 2.05) is 13.0 Å². The molecule has 0 spiro atoms. The monoisotopic (exact) mass is 298 g/mol. The fourth-order valence-corrected chi connectivity index (χ4v) is 1.91. The number of hydrogen-bond donors (Lipinski definition) is 1. The van der Waals surface area contributed by atoms with Crippen LogP contribution >= 0.6 is 0 Å². The highest BCUT2D eigenvalue weighted by Gasteiger charge is 2.33. The average Bonchev–Trinajstić information content (AvgIpc) is 2.95. The van der Waals surface area contributed by atoms with Crippen LogP contribution in [0.5, 0.6) is 0 Å². The molecule has 0 fully saturated rings. The number of alkyl halides is 3. The van der Waals surface area contributed by atoms with Crippen molar-refractivity contribution in [2.45, 2.75) is 32.5 Å². The highest BCUT2D eigenvalue weighted by atomic mass is 19.4. The fourth-order valence-electron chi connectivity index (χ4n) is 1.91. The SMILES string of the molecule is CCCNC(C)c1ccnc(-n2ccc(C(F)(F)F)n2)c1. The van der Waals surface area contributed by atoms with Crippen LogP contribution in [-0.4, -0.2) is 21.3 Å². The van der Waals surface area contributed by atoms with Gasteiger partial charge in [-0.3, -0.25) is 0 Å². The van der Waals surface area contributed by atoms with Gasteiger partial charge >= 0.3 is 6.18 Å². The summed E-state index contributed by atoms with van der Waals surface area (Å²) in [6, 6.07) is 4.61. The van der Waals surface area contributed by atoms with Gasteiger partial charge in [0.15, 0.2) is 11.5 Å². The van der Waals surface area contributed by atoms with Crippen LogP contribution < -0.4 is 5.32 Å². The molecule has 114 valence electrons. The Labute approximate surface area is 121 Å². The van der Waals surface area contributed by atoms with Gasteiger partial charge in [-0.15, -0.1) is 0 Å². The van der Waals surface area contributed by atoms with E-state index in [2.05, 4.69) is 22.3 Å². The van der Waals surface area contributed by atoms with Gasteiger partial charge in [0.25, 0.3) is 0 Å². The van der Waals surface area contributed by atoms with Crippen LogP contribution in [-0.2, 0) is 6.18 Å². The predicted octanol–water partition coefficient (Wildman–Crippen LogP) is 3.35. The molecule has 0 aliphatic rings. The zero-order chi connectivity index (χ0) is 15.5. The Kier molecular flexibility index (Phi) is 4.62. The lowest BCUT2D eigenvalue weighted by atomic mass is 10.1. The highest BCUT2D eigenvalue weighted by molar-refractivity contribution is 5.29. The van der Waals surface area contributed by atoms with Crippen LogP contribution in [0.2, 0.25) is 0 Å². The maximum atomic E-state index is 12.6. The molecule has 0 saturated heterocycles. The molecule has 21 heavy (non-hydrogen) atoms. The van der Waals surface area contributed by atoms with Crippen molar-refractivity contribution in [2.24, 2.45) is 0 Å². The fraction of sp³-hybridized carbons (Fsp3) is 0.429. The first-order valence-electron chi connectivity index (χ1n) is 6.74. The summed E-state index contributed by atoms with van der Waals surface area (Å²) in [5.41, 5.74) is 0.0318. The standard InChI is InChI=1S/C14H17F3N4/c1-3-6-18-10(2)11-4-7-19-13(9-11)21-8-5-12(20-21)14(15,16)17/h4-5,7-10,18H,3,6H2,1-2H3. The summed E-state index contributed by atoms with van der Waals surface area (Å²) < 4.78 is 38.8. The molecule has 2 rings (SSSR count). The summed E-state index contributed by atoms with van der Waals surface area (Å²) in [7, 11) is 0. The first kappa shape index (κ1) is 15.5. The van der Waals surface area contributed by atoms with Crippen molar-refractivity contribution in [3.63, 3.8) is 0 Å². The molecular formula is C14H17F3N4. The minimum absolute atomic E-state index is 0.101. The Morgan fingerprint density at radius 1 is 1.33 bits per heavy atom. The minimum Gasteiger partial charge on any atom is -0.310 e. The van der Waals surface area contributed by atoms with Crippen LogP contribution in [0.25, 0.3) is 5.82 Å². The van der Waals surface area contributed by atoms with Gasteiger partial charge in [-0.2, -0.15) is 18.3 Å². The third-order valence-electron chi connectivity index (χ3n) is 3.08. The topological polar surface area (TPSA) is 42.7 Å². The number of halogens is 3. The quantitative estimate of drug-likeness (QED) is 0.920. The smallest absolute Gasteiger partial charge is 0.310 e. The van der Waals surface area contributed by atoms with Gasteiger partial charge in [0.1, 0.15) is 0 Å². The van der Waals surface area contributed by atoms with E-state index in [-0.39, 0.29) is 6.04 Å². The second-order valence-corrected chi connectivity index (χ2v) is 4.77. The van der Waals surface area contributed by atoms with Gasteiger partial charge in [0.05, 0.1) is 0 Å². The van der Waals surface area contributed by atoms with E-state index in [0.717, 1.165) is 29.3 Å². The van der Waals surface area contributed by atoms with E-state index in [9.17, 15) is 13.2 Å². The number of rotatable bonds is 5. The molecule has 0 radical (unpaired) electrons. The van der Waals surface area contributed by atoms with Crippen LogP contribution in [0.4, 0.5) is 13.2 Å². The van der Waals surface area contributed by atoms with Crippen molar-refractivity contribution < 1.29 is 13.2 Å². The Morgan fingerprint density at radius 2 is 2.10 bits per heavy atom. The largest absolute Gasteiger partial charge is 0.435 e. The summed E-state index contributed by atoms with van der Waals surface area (Å²) in [6.07, 6.45) is -0.599. The molecule has 1 N–H and O–H groups in total. The number of aromatic nitrogens is 3. The molecule has 0 aliphatic heterocycles. The molecule has 1 atom stereocenters. The molecule has 4 nitrogen and oxygen atoms in total. The number of nitrogens with one attached hydrogen (secondary N) is 1. The highest BCUT2D eigenvalue weighted by Crippen LogP contribution is 2.27. The van der Waals surface area contributed by atoms with Crippen LogP contribution in [0.3, 0.4) is 0 Å². The molecule has 0 bridgehead atoms. The molecule has 0 aromatic carbocycles. The molecule has 0 saturated carbocycles. The maximum Gasteiger partial charge on any atom is 0.435 e. The number of pyridine rings is 1. The van der Waals surface area contributed by atoms with Crippen molar-refractivity contribution in [1.29, 1.82) is 0 Å². The summed E-state index contributed by atoms with van der Waals surface area (Å²) in [6.45, 7) is 4.94. The molecule has 0 aliphatic carbocycles. The summed E-state index contributed by atoms with van der Waals surface area (Å²) >= 11 is 0. The Hall–Kier alpha value is -1.89. The number of hydrogen-bond acceptors (Lipinski definition) is 3. The first-order chi connectivity index (χ1) is 9.91. The van der Waals surface area contributed by atoms with Crippen LogP contribution in [0, 0.1) is 0 Å². The zero-order valence-electron chi connectivity index (χ0n) is 11.9. The van der Waals surface area contributed by atoms with Gasteiger partial charge < -0.3 is 5.32 Å². The summed E-state index contributed by atoms with van der Waals surface area (Å²) in [5, 5.41) is 6.84. The lowest BCUT2D eigenvalue weighted by Gasteiger charge is -2.14. The van der Waals surface area contributed by atoms with Crippen LogP contribution in [0.1, 0.15) is 37.6 Å².